The fraction of sp³-hybridized carbons (Fsp3) is 0.167. The number of aromatic nitrogens is 3. The van der Waals surface area contributed by atoms with E-state index in [1.165, 1.54) is 6.20 Å². The van der Waals surface area contributed by atoms with Gasteiger partial charge in [-0.05, 0) is 49.4 Å². The van der Waals surface area contributed by atoms with Crippen molar-refractivity contribution in [3.05, 3.63) is 83.2 Å². The van der Waals surface area contributed by atoms with Crippen LogP contribution in [0.2, 0.25) is 0 Å². The van der Waals surface area contributed by atoms with E-state index in [1.807, 2.05) is 19.1 Å². The molecular weight excluding hydrogens is 458 g/mol. The highest BCUT2D eigenvalue weighted by Gasteiger charge is 2.36. The molecule has 0 aliphatic heterocycles. The smallest absolute Gasteiger partial charge is 0.385 e. The molecule has 2 aromatic carbocycles. The molecule has 0 radical (unpaired) electrons. The maximum atomic E-state index is 13.7. The highest BCUT2D eigenvalue weighted by molar-refractivity contribution is 5.67. The number of rotatable bonds is 3. The van der Waals surface area contributed by atoms with Gasteiger partial charge in [-0.3, -0.25) is 0 Å². The Morgan fingerprint density at radius 2 is 1.56 bits per heavy atom. The van der Waals surface area contributed by atoms with Crippen LogP contribution in [-0.4, -0.2) is 21.1 Å². The number of hydrogen-bond donors (Lipinski definition) is 1. The lowest BCUT2D eigenvalue weighted by atomic mass is 10.1. The molecule has 0 amide bonds. The van der Waals surface area contributed by atoms with Crippen LogP contribution in [0.1, 0.15) is 29.3 Å². The molecule has 2 aromatic heterocycles. The van der Waals surface area contributed by atoms with Gasteiger partial charge in [0.2, 0.25) is 0 Å². The van der Waals surface area contributed by atoms with Crippen LogP contribution in [0, 0.1) is 11.8 Å². The summed E-state index contributed by atoms with van der Waals surface area (Å²) >= 11 is 0. The third kappa shape index (κ3) is 4.83. The molecule has 0 bridgehead atoms. The average Bonchev–Trinajstić information content (AvgIpc) is 3.20. The molecule has 0 aliphatic carbocycles. The molecule has 0 fully saturated rings. The Bertz CT molecular complexity index is 1370. The lowest BCUT2D eigenvalue weighted by Gasteiger charge is -2.12. The quantitative estimate of drug-likeness (QED) is 0.281. The Kier molecular flexibility index (Phi) is 5.96. The van der Waals surface area contributed by atoms with E-state index in [4.69, 9.17) is 0 Å². The minimum absolute atomic E-state index is 0.0973. The molecule has 34 heavy (non-hydrogen) atoms. The van der Waals surface area contributed by atoms with E-state index in [0.717, 1.165) is 42.6 Å². The SMILES string of the molecule is CCNc1ccc(C#Cc2cnn3c(C(F)(F)F)cc(-c4ccc(C(F)(F)F)cc4)nc23)cc1. The second kappa shape index (κ2) is 8.74. The molecule has 4 rings (SSSR count). The number of benzene rings is 2. The number of anilines is 1. The van der Waals surface area contributed by atoms with Gasteiger partial charge in [0.15, 0.2) is 11.3 Å². The van der Waals surface area contributed by atoms with E-state index in [9.17, 15) is 26.3 Å². The Balaban J connectivity index is 1.79. The predicted molar refractivity (Wildman–Crippen MR) is 115 cm³/mol. The maximum Gasteiger partial charge on any atom is 0.433 e. The zero-order valence-corrected chi connectivity index (χ0v) is 17.6. The van der Waals surface area contributed by atoms with Gasteiger partial charge in [-0.2, -0.15) is 31.4 Å². The molecule has 10 heteroatoms. The third-order valence-electron chi connectivity index (χ3n) is 4.88. The fourth-order valence-electron chi connectivity index (χ4n) is 3.25. The molecule has 1 N–H and O–H groups in total. The van der Waals surface area contributed by atoms with Gasteiger partial charge in [0, 0.05) is 23.4 Å². The number of alkyl halides is 6. The zero-order chi connectivity index (χ0) is 24.5. The van der Waals surface area contributed by atoms with E-state index in [0.29, 0.717) is 10.1 Å². The largest absolute Gasteiger partial charge is 0.433 e. The van der Waals surface area contributed by atoms with Crippen LogP contribution in [0.25, 0.3) is 16.9 Å². The van der Waals surface area contributed by atoms with Gasteiger partial charge in [0.25, 0.3) is 0 Å². The van der Waals surface area contributed by atoms with Crippen molar-refractivity contribution in [2.45, 2.75) is 19.3 Å². The molecule has 4 nitrogen and oxygen atoms in total. The van der Waals surface area contributed by atoms with Gasteiger partial charge < -0.3 is 5.32 Å². The summed E-state index contributed by atoms with van der Waals surface area (Å²) in [5, 5.41) is 6.93. The van der Waals surface area contributed by atoms with Crippen LogP contribution in [0.15, 0.2) is 60.8 Å². The van der Waals surface area contributed by atoms with Crippen LogP contribution in [-0.2, 0) is 12.4 Å². The Labute approximate surface area is 190 Å². The summed E-state index contributed by atoms with van der Waals surface area (Å²) in [6.45, 7) is 2.71. The summed E-state index contributed by atoms with van der Waals surface area (Å²) in [6.07, 6.45) is -8.17. The second-order valence-corrected chi connectivity index (χ2v) is 7.25. The standard InChI is InChI=1S/C24H16F6N4/c1-2-31-19-11-4-15(5-12-19)3-6-17-14-32-34-21(24(28,29)30)13-20(33-22(17)34)16-7-9-18(10-8-16)23(25,26)27/h4-5,7-14,31H,2H2,1H3. The number of nitrogens with one attached hydrogen (secondary N) is 1. The first-order chi connectivity index (χ1) is 16.1. The average molecular weight is 474 g/mol. The second-order valence-electron chi connectivity index (χ2n) is 7.25. The van der Waals surface area contributed by atoms with E-state index >= 15 is 0 Å². The molecule has 0 aliphatic rings. The first-order valence-corrected chi connectivity index (χ1v) is 10.1. The van der Waals surface area contributed by atoms with Crippen molar-refractivity contribution < 1.29 is 26.3 Å². The molecule has 2 heterocycles. The fourth-order valence-corrected chi connectivity index (χ4v) is 3.25. The molecule has 0 atom stereocenters. The van der Waals surface area contributed by atoms with Gasteiger partial charge in [0.05, 0.1) is 23.0 Å². The molecule has 0 saturated carbocycles. The molecule has 4 aromatic rings. The van der Waals surface area contributed by atoms with Crippen molar-refractivity contribution in [1.29, 1.82) is 0 Å². The predicted octanol–water partition coefficient (Wildman–Crippen LogP) is 6.27. The number of hydrogen-bond acceptors (Lipinski definition) is 3. The maximum absolute atomic E-state index is 13.7. The molecule has 0 saturated heterocycles. The minimum Gasteiger partial charge on any atom is -0.385 e. The van der Waals surface area contributed by atoms with Crippen LogP contribution >= 0.6 is 0 Å². The highest BCUT2D eigenvalue weighted by Crippen LogP contribution is 2.34. The first-order valence-electron chi connectivity index (χ1n) is 10.1. The van der Waals surface area contributed by atoms with E-state index in [2.05, 4.69) is 27.2 Å². The summed E-state index contributed by atoms with van der Waals surface area (Å²) in [7, 11) is 0. The number of nitrogens with zero attached hydrogens (tertiary/aromatic N) is 3. The van der Waals surface area contributed by atoms with Gasteiger partial charge in [-0.1, -0.05) is 24.0 Å². The van der Waals surface area contributed by atoms with E-state index in [1.54, 1.807) is 12.1 Å². The summed E-state index contributed by atoms with van der Waals surface area (Å²) in [5.41, 5.74) is -0.541. The third-order valence-corrected chi connectivity index (χ3v) is 4.88. The number of fused-ring (bicyclic) bond motifs is 1. The first kappa shape index (κ1) is 23.2. The van der Waals surface area contributed by atoms with Crippen molar-refractivity contribution in [3.63, 3.8) is 0 Å². The lowest BCUT2D eigenvalue weighted by Crippen LogP contribution is -2.13. The summed E-state index contributed by atoms with van der Waals surface area (Å²) in [5.74, 6) is 5.66. The van der Waals surface area contributed by atoms with Crippen molar-refractivity contribution in [3.8, 4) is 23.1 Å². The van der Waals surface area contributed by atoms with E-state index < -0.39 is 23.6 Å². The topological polar surface area (TPSA) is 42.2 Å². The number of halogens is 6. The van der Waals surface area contributed by atoms with Crippen LogP contribution in [0.5, 0.6) is 0 Å². The monoisotopic (exact) mass is 474 g/mol. The highest BCUT2D eigenvalue weighted by atomic mass is 19.4. The molecule has 0 unspecified atom stereocenters. The molecule has 0 spiro atoms. The minimum atomic E-state index is -4.78. The van der Waals surface area contributed by atoms with Crippen molar-refractivity contribution in [1.82, 2.24) is 14.6 Å². The lowest BCUT2D eigenvalue weighted by molar-refractivity contribution is -0.142. The summed E-state index contributed by atoms with van der Waals surface area (Å²) < 4.78 is 80.3. The zero-order valence-electron chi connectivity index (χ0n) is 17.6. The van der Waals surface area contributed by atoms with Gasteiger partial charge in [-0.15, -0.1) is 0 Å². The molecule has 174 valence electrons. The summed E-state index contributed by atoms with van der Waals surface area (Å²) in [6, 6.07) is 11.7. The van der Waals surface area contributed by atoms with Crippen LogP contribution in [0.3, 0.4) is 0 Å². The van der Waals surface area contributed by atoms with Gasteiger partial charge in [-0.25, -0.2) is 9.50 Å². The van der Waals surface area contributed by atoms with Gasteiger partial charge in [0.1, 0.15) is 0 Å². The van der Waals surface area contributed by atoms with Gasteiger partial charge >= 0.3 is 12.4 Å². The Morgan fingerprint density at radius 1 is 0.882 bits per heavy atom. The summed E-state index contributed by atoms with van der Waals surface area (Å²) in [4.78, 5) is 4.23. The van der Waals surface area contributed by atoms with Crippen LogP contribution < -0.4 is 5.32 Å². The van der Waals surface area contributed by atoms with E-state index in [-0.39, 0.29) is 22.5 Å². The van der Waals surface area contributed by atoms with Crippen molar-refractivity contribution >= 4 is 11.3 Å². The van der Waals surface area contributed by atoms with Crippen molar-refractivity contribution in [2.75, 3.05) is 11.9 Å². The molecular formula is C24H16F6N4. The normalized spacial score (nSPS) is 11.9. The van der Waals surface area contributed by atoms with Crippen molar-refractivity contribution in [2.24, 2.45) is 0 Å². The Morgan fingerprint density at radius 3 is 2.15 bits per heavy atom. The van der Waals surface area contributed by atoms with Crippen LogP contribution in [0.4, 0.5) is 32.0 Å². The Hall–Kier alpha value is -4.00.